The van der Waals surface area contributed by atoms with Crippen molar-refractivity contribution in [3.8, 4) is 17.6 Å². The summed E-state index contributed by atoms with van der Waals surface area (Å²) in [6.07, 6.45) is 5.75. The molecule has 3 rings (SSSR count). The third kappa shape index (κ3) is 4.12. The van der Waals surface area contributed by atoms with Gasteiger partial charge in [-0.3, -0.25) is 5.32 Å². The van der Waals surface area contributed by atoms with E-state index in [-0.39, 0.29) is 0 Å². The second kappa shape index (κ2) is 7.90. The third-order valence-corrected chi connectivity index (χ3v) is 4.17. The van der Waals surface area contributed by atoms with Crippen molar-refractivity contribution in [1.29, 1.82) is 5.26 Å². The molecule has 0 aliphatic heterocycles. The van der Waals surface area contributed by atoms with Crippen molar-refractivity contribution in [2.24, 2.45) is 11.8 Å². The number of rotatable bonds is 5. The van der Waals surface area contributed by atoms with Crippen LogP contribution in [0.15, 0.2) is 24.3 Å². The van der Waals surface area contributed by atoms with Gasteiger partial charge < -0.3 is 9.47 Å². The Hall–Kier alpha value is -1.73. The van der Waals surface area contributed by atoms with Crippen molar-refractivity contribution in [3.63, 3.8) is 0 Å². The number of nitriles is 1. The van der Waals surface area contributed by atoms with Gasteiger partial charge in [-0.1, -0.05) is 12.1 Å². The minimum atomic E-state index is 0.406. The average Bonchev–Trinajstić information content (AvgIpc) is 3.10. The summed E-state index contributed by atoms with van der Waals surface area (Å²) in [7, 11) is 1.87. The van der Waals surface area contributed by atoms with Crippen LogP contribution in [0.2, 0.25) is 0 Å². The van der Waals surface area contributed by atoms with E-state index in [4.69, 9.17) is 14.7 Å². The molecule has 21 heavy (non-hydrogen) atoms. The van der Waals surface area contributed by atoms with Gasteiger partial charge in [0.1, 0.15) is 12.8 Å². The molecule has 0 spiro atoms. The number of nitrogens with one attached hydrogen (secondary N) is 1. The molecule has 4 nitrogen and oxygen atoms in total. The molecule has 2 aliphatic rings. The van der Waals surface area contributed by atoms with E-state index >= 15 is 0 Å². The summed E-state index contributed by atoms with van der Waals surface area (Å²) in [4.78, 5) is 0. The zero-order valence-corrected chi connectivity index (χ0v) is 12.8. The predicted octanol–water partition coefficient (Wildman–Crippen LogP) is 3.34. The van der Waals surface area contributed by atoms with Crippen molar-refractivity contribution in [2.75, 3.05) is 13.8 Å². The van der Waals surface area contributed by atoms with E-state index in [0.717, 1.165) is 23.3 Å². The Bertz CT molecular complexity index is 484. The van der Waals surface area contributed by atoms with Crippen molar-refractivity contribution < 1.29 is 9.47 Å². The Morgan fingerprint density at radius 1 is 1.24 bits per heavy atom. The number of fused-ring (bicyclic) bond motifs is 2. The van der Waals surface area contributed by atoms with E-state index < -0.39 is 0 Å². The molecule has 1 aromatic rings. The van der Waals surface area contributed by atoms with Gasteiger partial charge in [0.15, 0.2) is 11.5 Å². The molecule has 3 atom stereocenters. The second-order valence-electron chi connectivity index (χ2n) is 5.64. The first kappa shape index (κ1) is 15.7. The predicted molar refractivity (Wildman–Crippen MR) is 82.1 cm³/mol. The number of para-hydroxylation sites is 2. The fourth-order valence-electron chi connectivity index (χ4n) is 3.31. The van der Waals surface area contributed by atoms with Crippen LogP contribution in [-0.4, -0.2) is 19.9 Å². The molecule has 2 aliphatic carbocycles. The molecule has 0 heterocycles. The number of nitrogens with zero attached hydrogens (tertiary/aromatic N) is 1. The van der Waals surface area contributed by atoms with Gasteiger partial charge in [0, 0.05) is 6.92 Å². The van der Waals surface area contributed by atoms with Crippen LogP contribution in [0.1, 0.15) is 32.6 Å². The van der Waals surface area contributed by atoms with Crippen molar-refractivity contribution in [1.82, 2.24) is 5.32 Å². The lowest BCUT2D eigenvalue weighted by Crippen LogP contribution is -2.24. The van der Waals surface area contributed by atoms with Gasteiger partial charge in [0.2, 0.25) is 0 Å². The van der Waals surface area contributed by atoms with Gasteiger partial charge >= 0.3 is 0 Å². The standard InChI is InChI=1S/C15H21NO2.C2H3N/c1-16-10-17-13-4-2-3-5-14(13)18-15-9-11-6-7-12(15)8-11;1-2-3/h2-5,11-12,15-16H,6-10H2,1H3;1H3. The van der Waals surface area contributed by atoms with Crippen molar-refractivity contribution >= 4 is 0 Å². The Labute approximate surface area is 127 Å². The maximum absolute atomic E-state index is 7.32. The quantitative estimate of drug-likeness (QED) is 0.844. The Morgan fingerprint density at radius 2 is 1.95 bits per heavy atom. The van der Waals surface area contributed by atoms with Crippen LogP contribution >= 0.6 is 0 Å². The van der Waals surface area contributed by atoms with Crippen LogP contribution in [0, 0.1) is 23.2 Å². The highest BCUT2D eigenvalue weighted by Gasteiger charge is 2.41. The Kier molecular flexibility index (Phi) is 5.89. The van der Waals surface area contributed by atoms with Gasteiger partial charge in [-0.2, -0.15) is 5.26 Å². The lowest BCUT2D eigenvalue weighted by Gasteiger charge is -2.24. The van der Waals surface area contributed by atoms with Crippen LogP contribution in [-0.2, 0) is 0 Å². The topological polar surface area (TPSA) is 54.3 Å². The van der Waals surface area contributed by atoms with Crippen molar-refractivity contribution in [3.05, 3.63) is 24.3 Å². The highest BCUT2D eigenvalue weighted by Crippen LogP contribution is 2.46. The summed E-state index contributed by atoms with van der Waals surface area (Å²) in [6, 6.07) is 9.73. The molecular weight excluding hydrogens is 264 g/mol. The number of benzene rings is 1. The van der Waals surface area contributed by atoms with Gasteiger partial charge in [-0.05, 0) is 56.7 Å². The highest BCUT2D eigenvalue weighted by atomic mass is 16.5. The minimum Gasteiger partial charge on any atom is -0.486 e. The van der Waals surface area contributed by atoms with E-state index in [0.29, 0.717) is 12.8 Å². The molecule has 2 saturated carbocycles. The number of hydrogen-bond acceptors (Lipinski definition) is 4. The van der Waals surface area contributed by atoms with E-state index in [1.165, 1.54) is 32.6 Å². The molecular formula is C17H24N2O2. The van der Waals surface area contributed by atoms with Crippen molar-refractivity contribution in [2.45, 2.75) is 38.7 Å². The SMILES string of the molecule is CC#N.CNCOc1ccccc1OC1CC2CCC1C2. The largest absolute Gasteiger partial charge is 0.486 e. The third-order valence-electron chi connectivity index (χ3n) is 4.17. The molecule has 4 heteroatoms. The van der Waals surface area contributed by atoms with Gasteiger partial charge in [0.25, 0.3) is 0 Å². The second-order valence-corrected chi connectivity index (χ2v) is 5.64. The first-order valence-corrected chi connectivity index (χ1v) is 7.62. The molecule has 2 bridgehead atoms. The van der Waals surface area contributed by atoms with E-state index in [2.05, 4.69) is 5.32 Å². The molecule has 0 saturated heterocycles. The number of ether oxygens (including phenoxy) is 2. The molecule has 0 radical (unpaired) electrons. The summed E-state index contributed by atoms with van der Waals surface area (Å²) in [5.41, 5.74) is 0. The minimum absolute atomic E-state index is 0.406. The van der Waals surface area contributed by atoms with Crippen LogP contribution in [0.3, 0.4) is 0 Å². The molecule has 2 fully saturated rings. The zero-order valence-electron chi connectivity index (χ0n) is 12.8. The normalized spacial score (nSPS) is 25.7. The molecule has 0 amide bonds. The zero-order chi connectivity index (χ0) is 15.1. The maximum atomic E-state index is 7.32. The fraction of sp³-hybridized carbons (Fsp3) is 0.588. The maximum Gasteiger partial charge on any atom is 0.163 e. The molecule has 0 aromatic heterocycles. The van der Waals surface area contributed by atoms with Crippen LogP contribution < -0.4 is 14.8 Å². The van der Waals surface area contributed by atoms with Gasteiger partial charge in [-0.15, -0.1) is 0 Å². The Morgan fingerprint density at radius 3 is 2.52 bits per heavy atom. The molecule has 114 valence electrons. The summed E-state index contributed by atoms with van der Waals surface area (Å²) >= 11 is 0. The fourth-order valence-corrected chi connectivity index (χ4v) is 3.31. The van der Waals surface area contributed by atoms with E-state index in [1.54, 1.807) is 6.07 Å². The summed E-state index contributed by atoms with van der Waals surface area (Å²) in [5.74, 6) is 3.41. The van der Waals surface area contributed by atoms with E-state index in [9.17, 15) is 0 Å². The monoisotopic (exact) mass is 288 g/mol. The lowest BCUT2D eigenvalue weighted by molar-refractivity contribution is 0.131. The average molecular weight is 288 g/mol. The Balaban J connectivity index is 0.000000497. The summed E-state index contributed by atoms with van der Waals surface area (Å²) in [5, 5.41) is 10.3. The molecule has 1 aromatic carbocycles. The van der Waals surface area contributed by atoms with Crippen LogP contribution in [0.4, 0.5) is 0 Å². The van der Waals surface area contributed by atoms with Crippen LogP contribution in [0.25, 0.3) is 0 Å². The summed E-state index contributed by atoms with van der Waals surface area (Å²) < 4.78 is 11.8. The van der Waals surface area contributed by atoms with Gasteiger partial charge in [0.05, 0.1) is 6.07 Å². The summed E-state index contributed by atoms with van der Waals surface area (Å²) in [6.45, 7) is 1.94. The van der Waals surface area contributed by atoms with Gasteiger partial charge in [-0.25, -0.2) is 0 Å². The van der Waals surface area contributed by atoms with Crippen LogP contribution in [0.5, 0.6) is 11.5 Å². The first-order chi connectivity index (χ1) is 10.3. The lowest BCUT2D eigenvalue weighted by atomic mass is 9.98. The highest BCUT2D eigenvalue weighted by molar-refractivity contribution is 5.39. The van der Waals surface area contributed by atoms with E-state index in [1.807, 2.05) is 31.3 Å². The molecule has 1 N–H and O–H groups in total. The first-order valence-electron chi connectivity index (χ1n) is 7.62. The number of hydrogen-bond donors (Lipinski definition) is 1. The smallest absolute Gasteiger partial charge is 0.163 e. The molecule has 3 unspecified atom stereocenters.